The second kappa shape index (κ2) is 7.16. The van der Waals surface area contributed by atoms with Crippen molar-refractivity contribution >= 4 is 21.7 Å². The van der Waals surface area contributed by atoms with Gasteiger partial charge in [0.15, 0.2) is 4.90 Å². The van der Waals surface area contributed by atoms with Crippen LogP contribution in [0.5, 0.6) is 5.75 Å². The molecule has 1 N–H and O–H groups in total. The van der Waals surface area contributed by atoms with Crippen molar-refractivity contribution in [3.8, 4) is 5.75 Å². The van der Waals surface area contributed by atoms with Crippen molar-refractivity contribution in [2.24, 2.45) is 0 Å². The minimum Gasteiger partial charge on any atom is -0.491 e. The van der Waals surface area contributed by atoms with Crippen molar-refractivity contribution in [2.45, 2.75) is 4.90 Å². The lowest BCUT2D eigenvalue weighted by atomic mass is 10.1. The van der Waals surface area contributed by atoms with Crippen LogP contribution in [0.2, 0.25) is 0 Å². The summed E-state index contributed by atoms with van der Waals surface area (Å²) in [5.74, 6) is 3.45. The van der Waals surface area contributed by atoms with Gasteiger partial charge in [-0.25, -0.2) is 0 Å². The standard InChI is InChI=1S/C17H22NO2S/c1-19-10-11-20-16-6-7-17(21-12-8-18-9-13-21)15-5-3-2-4-14(15)16/h2-7,18H,8-13H2,1H3/q+1. The van der Waals surface area contributed by atoms with Gasteiger partial charge in [-0.3, -0.25) is 0 Å². The molecule has 1 heterocycles. The number of hydrogen-bond acceptors (Lipinski definition) is 3. The van der Waals surface area contributed by atoms with Gasteiger partial charge in [0, 0.05) is 41.9 Å². The zero-order valence-electron chi connectivity index (χ0n) is 12.4. The van der Waals surface area contributed by atoms with E-state index in [0.29, 0.717) is 24.1 Å². The van der Waals surface area contributed by atoms with E-state index in [0.717, 1.165) is 18.8 Å². The molecule has 1 saturated heterocycles. The van der Waals surface area contributed by atoms with Gasteiger partial charge < -0.3 is 14.8 Å². The number of hydrogen-bond donors (Lipinski definition) is 1. The molecule has 0 aliphatic carbocycles. The molecule has 1 aliphatic heterocycles. The molecule has 112 valence electrons. The summed E-state index contributed by atoms with van der Waals surface area (Å²) in [5.41, 5.74) is 0. The normalized spacial score (nSPS) is 16.2. The lowest BCUT2D eigenvalue weighted by Gasteiger charge is -2.17. The highest BCUT2D eigenvalue weighted by atomic mass is 32.2. The molecule has 4 heteroatoms. The van der Waals surface area contributed by atoms with Crippen molar-refractivity contribution in [2.75, 3.05) is 44.9 Å². The molecular weight excluding hydrogens is 282 g/mol. The number of fused-ring (bicyclic) bond motifs is 1. The molecule has 0 spiro atoms. The number of benzene rings is 2. The fraction of sp³-hybridized carbons (Fsp3) is 0.412. The van der Waals surface area contributed by atoms with E-state index in [1.54, 1.807) is 7.11 Å². The third-order valence-corrected chi connectivity index (χ3v) is 6.12. The molecule has 0 amide bonds. The highest BCUT2D eigenvalue weighted by molar-refractivity contribution is 7.97. The van der Waals surface area contributed by atoms with Crippen LogP contribution >= 0.6 is 0 Å². The Morgan fingerprint density at radius 2 is 1.76 bits per heavy atom. The molecule has 0 unspecified atom stereocenters. The van der Waals surface area contributed by atoms with Crippen molar-refractivity contribution in [1.29, 1.82) is 0 Å². The molecule has 21 heavy (non-hydrogen) atoms. The lowest BCUT2D eigenvalue weighted by Crippen LogP contribution is -2.36. The zero-order chi connectivity index (χ0) is 14.5. The van der Waals surface area contributed by atoms with Gasteiger partial charge in [0.05, 0.1) is 6.61 Å². The van der Waals surface area contributed by atoms with Gasteiger partial charge in [0.2, 0.25) is 0 Å². The minimum absolute atomic E-state index is 0.359. The maximum absolute atomic E-state index is 5.87. The van der Waals surface area contributed by atoms with E-state index in [1.807, 2.05) is 0 Å². The van der Waals surface area contributed by atoms with Crippen LogP contribution in [0.4, 0.5) is 0 Å². The molecule has 0 saturated carbocycles. The Morgan fingerprint density at radius 3 is 2.52 bits per heavy atom. The lowest BCUT2D eigenvalue weighted by molar-refractivity contribution is 0.147. The average Bonchev–Trinajstić information content (AvgIpc) is 2.56. The van der Waals surface area contributed by atoms with Gasteiger partial charge >= 0.3 is 0 Å². The first-order chi connectivity index (χ1) is 10.4. The molecule has 3 rings (SSSR count). The fourth-order valence-corrected chi connectivity index (χ4v) is 4.87. The number of methoxy groups -OCH3 is 1. The van der Waals surface area contributed by atoms with Crippen LogP contribution in [0.3, 0.4) is 0 Å². The summed E-state index contributed by atoms with van der Waals surface area (Å²) in [5, 5.41) is 6.01. The molecule has 2 aromatic carbocycles. The molecule has 0 bridgehead atoms. The van der Waals surface area contributed by atoms with E-state index in [-0.39, 0.29) is 0 Å². The Hall–Kier alpha value is -1.23. The summed E-state index contributed by atoms with van der Waals surface area (Å²) in [7, 11) is 2.06. The highest BCUT2D eigenvalue weighted by Crippen LogP contribution is 2.32. The molecule has 0 aromatic heterocycles. The van der Waals surface area contributed by atoms with Gasteiger partial charge in [-0.15, -0.1) is 0 Å². The quantitative estimate of drug-likeness (QED) is 0.680. The van der Waals surface area contributed by atoms with E-state index < -0.39 is 0 Å². The van der Waals surface area contributed by atoms with Gasteiger partial charge in [0.1, 0.15) is 23.9 Å². The second-order valence-electron chi connectivity index (χ2n) is 5.10. The van der Waals surface area contributed by atoms with Crippen LogP contribution in [0, 0.1) is 0 Å². The Bertz CT molecular complexity index is 596. The summed E-state index contributed by atoms with van der Waals surface area (Å²) in [6.07, 6.45) is 0. The number of nitrogens with one attached hydrogen (secondary N) is 1. The van der Waals surface area contributed by atoms with Crippen LogP contribution in [-0.2, 0) is 15.6 Å². The first-order valence-electron chi connectivity index (χ1n) is 7.42. The summed E-state index contributed by atoms with van der Waals surface area (Å²) < 4.78 is 10.9. The van der Waals surface area contributed by atoms with E-state index in [1.165, 1.54) is 27.2 Å². The van der Waals surface area contributed by atoms with Gasteiger partial charge in [-0.05, 0) is 18.2 Å². The van der Waals surface area contributed by atoms with Crippen molar-refractivity contribution in [3.05, 3.63) is 36.4 Å². The predicted molar refractivity (Wildman–Crippen MR) is 89.6 cm³/mol. The van der Waals surface area contributed by atoms with E-state index >= 15 is 0 Å². The monoisotopic (exact) mass is 304 g/mol. The van der Waals surface area contributed by atoms with Crippen LogP contribution in [-0.4, -0.2) is 44.9 Å². The van der Waals surface area contributed by atoms with Crippen molar-refractivity contribution in [3.63, 3.8) is 0 Å². The number of rotatable bonds is 5. The molecule has 1 aliphatic rings. The van der Waals surface area contributed by atoms with Crippen LogP contribution in [0.1, 0.15) is 0 Å². The van der Waals surface area contributed by atoms with E-state index in [4.69, 9.17) is 9.47 Å². The third kappa shape index (κ3) is 3.34. The maximum Gasteiger partial charge on any atom is 0.163 e. The molecule has 1 fully saturated rings. The van der Waals surface area contributed by atoms with Crippen LogP contribution < -0.4 is 10.1 Å². The summed E-state index contributed by atoms with van der Waals surface area (Å²) in [6, 6.07) is 13.0. The van der Waals surface area contributed by atoms with Gasteiger partial charge in [-0.1, -0.05) is 18.2 Å². The molecule has 2 aromatic rings. The topological polar surface area (TPSA) is 30.5 Å². The van der Waals surface area contributed by atoms with Gasteiger partial charge in [0.25, 0.3) is 0 Å². The molecule has 3 nitrogen and oxygen atoms in total. The molecule has 0 radical (unpaired) electrons. The Kier molecular flexibility index (Phi) is 5.01. The summed E-state index contributed by atoms with van der Waals surface area (Å²) >= 11 is 0. The molecule has 0 atom stereocenters. The predicted octanol–water partition coefficient (Wildman–Crippen LogP) is 2.45. The first kappa shape index (κ1) is 14.7. The van der Waals surface area contributed by atoms with Crippen molar-refractivity contribution in [1.82, 2.24) is 5.32 Å². The Morgan fingerprint density at radius 1 is 1.00 bits per heavy atom. The van der Waals surface area contributed by atoms with Crippen LogP contribution in [0.25, 0.3) is 10.8 Å². The maximum atomic E-state index is 5.87. The minimum atomic E-state index is 0.359. The molecular formula is C17H22NO2S+. The number of ether oxygens (including phenoxy) is 2. The summed E-state index contributed by atoms with van der Waals surface area (Å²) in [6.45, 7) is 3.47. The summed E-state index contributed by atoms with van der Waals surface area (Å²) in [4.78, 5) is 1.49. The first-order valence-corrected chi connectivity index (χ1v) is 8.98. The third-order valence-electron chi connectivity index (χ3n) is 3.75. The van der Waals surface area contributed by atoms with Crippen LogP contribution in [0.15, 0.2) is 41.3 Å². The smallest absolute Gasteiger partial charge is 0.163 e. The van der Waals surface area contributed by atoms with E-state index in [2.05, 4.69) is 41.7 Å². The fourth-order valence-electron chi connectivity index (χ4n) is 2.69. The Labute approximate surface area is 129 Å². The zero-order valence-corrected chi connectivity index (χ0v) is 13.2. The van der Waals surface area contributed by atoms with E-state index in [9.17, 15) is 0 Å². The average molecular weight is 304 g/mol. The second-order valence-corrected chi connectivity index (χ2v) is 7.34. The highest BCUT2D eigenvalue weighted by Gasteiger charge is 2.27. The van der Waals surface area contributed by atoms with Gasteiger partial charge in [-0.2, -0.15) is 0 Å². The SMILES string of the molecule is COCCOc1ccc([S+]2CCNCC2)c2ccccc12. The Balaban J connectivity index is 1.93. The largest absolute Gasteiger partial charge is 0.491 e. The van der Waals surface area contributed by atoms with Crippen molar-refractivity contribution < 1.29 is 9.47 Å².